The molecule has 27 heavy (non-hydrogen) atoms. The van der Waals surface area contributed by atoms with E-state index in [0.29, 0.717) is 17.7 Å². The van der Waals surface area contributed by atoms with Crippen molar-refractivity contribution in [2.24, 2.45) is 0 Å². The van der Waals surface area contributed by atoms with E-state index in [9.17, 15) is 4.79 Å². The van der Waals surface area contributed by atoms with Crippen molar-refractivity contribution in [3.8, 4) is 5.75 Å². The molecular weight excluding hydrogens is 356 g/mol. The lowest BCUT2D eigenvalue weighted by molar-refractivity contribution is -0.111. The van der Waals surface area contributed by atoms with Crippen molar-refractivity contribution in [1.82, 2.24) is 4.98 Å². The number of carbonyl (C=O) groups excluding carboxylic acids is 1. The molecule has 1 heterocycles. The summed E-state index contributed by atoms with van der Waals surface area (Å²) in [5, 5.41) is 5.39. The van der Waals surface area contributed by atoms with Crippen LogP contribution in [-0.2, 0) is 11.4 Å². The highest BCUT2D eigenvalue weighted by molar-refractivity contribution is 7.14. The van der Waals surface area contributed by atoms with Crippen molar-refractivity contribution in [2.45, 2.75) is 26.4 Å². The number of anilines is 1. The third-order valence-corrected chi connectivity index (χ3v) is 4.68. The van der Waals surface area contributed by atoms with E-state index >= 15 is 0 Å². The van der Waals surface area contributed by atoms with Gasteiger partial charge in [-0.25, -0.2) is 4.98 Å². The fraction of sp³-hybridized carbons (Fsp3) is 0.182. The van der Waals surface area contributed by atoms with Crippen molar-refractivity contribution in [1.29, 1.82) is 0 Å². The van der Waals surface area contributed by atoms with Crippen LogP contribution in [0.2, 0.25) is 0 Å². The van der Waals surface area contributed by atoms with Gasteiger partial charge in [-0.3, -0.25) is 10.1 Å². The SMILES string of the molecule is CC(C)c1csc(NC(=O)/C=C/c2ccc(OCc3ccccc3)cc2)n1. The Hall–Kier alpha value is -2.92. The number of benzene rings is 2. The topological polar surface area (TPSA) is 51.2 Å². The van der Waals surface area contributed by atoms with Gasteiger partial charge in [-0.1, -0.05) is 56.3 Å². The minimum absolute atomic E-state index is 0.191. The third kappa shape index (κ3) is 5.79. The van der Waals surface area contributed by atoms with Gasteiger partial charge in [-0.05, 0) is 35.3 Å². The standard InChI is InChI=1S/C22H22N2O2S/c1-16(2)20-15-27-22(23-20)24-21(25)13-10-17-8-11-19(12-9-17)26-14-18-6-4-3-5-7-18/h3-13,15-16H,14H2,1-2H3,(H,23,24,25)/b13-10+. The highest BCUT2D eigenvalue weighted by Crippen LogP contribution is 2.21. The average molecular weight is 378 g/mol. The predicted molar refractivity (Wildman–Crippen MR) is 111 cm³/mol. The van der Waals surface area contributed by atoms with E-state index in [1.165, 1.54) is 17.4 Å². The van der Waals surface area contributed by atoms with E-state index in [-0.39, 0.29) is 5.91 Å². The minimum Gasteiger partial charge on any atom is -0.489 e. The maximum Gasteiger partial charge on any atom is 0.250 e. The smallest absolute Gasteiger partial charge is 0.250 e. The summed E-state index contributed by atoms with van der Waals surface area (Å²) in [5.41, 5.74) is 3.05. The molecule has 0 aliphatic heterocycles. The van der Waals surface area contributed by atoms with Crippen LogP contribution in [-0.4, -0.2) is 10.9 Å². The molecule has 1 N–H and O–H groups in total. The zero-order chi connectivity index (χ0) is 19.1. The monoisotopic (exact) mass is 378 g/mol. The molecule has 0 spiro atoms. The van der Waals surface area contributed by atoms with Gasteiger partial charge in [0, 0.05) is 11.5 Å². The molecule has 0 saturated heterocycles. The fourth-order valence-electron chi connectivity index (χ4n) is 2.34. The summed E-state index contributed by atoms with van der Waals surface area (Å²) in [7, 11) is 0. The van der Waals surface area contributed by atoms with E-state index in [0.717, 1.165) is 22.6 Å². The van der Waals surface area contributed by atoms with Crippen molar-refractivity contribution in [3.63, 3.8) is 0 Å². The van der Waals surface area contributed by atoms with Crippen molar-refractivity contribution in [3.05, 3.63) is 82.9 Å². The molecule has 0 radical (unpaired) electrons. The van der Waals surface area contributed by atoms with Crippen LogP contribution >= 0.6 is 11.3 Å². The molecule has 1 amide bonds. The highest BCUT2D eigenvalue weighted by Gasteiger charge is 2.07. The van der Waals surface area contributed by atoms with Crippen LogP contribution in [0, 0.1) is 0 Å². The predicted octanol–water partition coefficient (Wildman–Crippen LogP) is 5.50. The second-order valence-corrected chi connectivity index (χ2v) is 7.26. The average Bonchev–Trinajstić information content (AvgIpc) is 3.15. The first kappa shape index (κ1) is 18.9. The summed E-state index contributed by atoms with van der Waals surface area (Å²) < 4.78 is 5.76. The van der Waals surface area contributed by atoms with Crippen LogP contribution in [0.5, 0.6) is 5.75 Å². The largest absolute Gasteiger partial charge is 0.489 e. The summed E-state index contributed by atoms with van der Waals surface area (Å²) >= 11 is 1.44. The van der Waals surface area contributed by atoms with Crippen molar-refractivity contribution in [2.75, 3.05) is 5.32 Å². The first-order valence-corrected chi connectivity index (χ1v) is 9.69. The Bertz CT molecular complexity index is 900. The van der Waals surface area contributed by atoms with E-state index in [1.807, 2.05) is 60.0 Å². The van der Waals surface area contributed by atoms with Gasteiger partial charge >= 0.3 is 0 Å². The molecule has 1 aromatic heterocycles. The quantitative estimate of drug-likeness (QED) is 0.553. The van der Waals surface area contributed by atoms with Gasteiger partial charge in [0.25, 0.3) is 0 Å². The van der Waals surface area contributed by atoms with Crippen LogP contribution in [0.3, 0.4) is 0 Å². The van der Waals surface area contributed by atoms with Crippen LogP contribution < -0.4 is 10.1 Å². The maximum absolute atomic E-state index is 12.0. The number of amides is 1. The van der Waals surface area contributed by atoms with Crippen LogP contribution in [0.4, 0.5) is 5.13 Å². The highest BCUT2D eigenvalue weighted by atomic mass is 32.1. The van der Waals surface area contributed by atoms with Gasteiger partial charge in [0.15, 0.2) is 5.13 Å². The Kier molecular flexibility index (Phi) is 6.39. The zero-order valence-corrected chi connectivity index (χ0v) is 16.2. The Morgan fingerprint density at radius 2 is 1.89 bits per heavy atom. The molecule has 2 aromatic carbocycles. The Balaban J connectivity index is 1.51. The number of aromatic nitrogens is 1. The molecule has 0 atom stereocenters. The van der Waals surface area contributed by atoms with E-state index in [1.54, 1.807) is 6.08 Å². The molecule has 3 rings (SSSR count). The number of nitrogens with one attached hydrogen (secondary N) is 1. The number of hydrogen-bond acceptors (Lipinski definition) is 4. The molecule has 0 aliphatic rings. The van der Waals surface area contributed by atoms with Gasteiger partial charge < -0.3 is 4.74 Å². The molecule has 0 bridgehead atoms. The van der Waals surface area contributed by atoms with Crippen LogP contribution in [0.15, 0.2) is 66.1 Å². The Labute approximate surface area is 163 Å². The molecular formula is C22H22N2O2S. The van der Waals surface area contributed by atoms with E-state index in [4.69, 9.17) is 4.74 Å². The van der Waals surface area contributed by atoms with Crippen molar-refractivity contribution < 1.29 is 9.53 Å². The summed E-state index contributed by atoms with van der Waals surface area (Å²) in [6.07, 6.45) is 3.28. The Morgan fingerprint density at radius 1 is 1.15 bits per heavy atom. The van der Waals surface area contributed by atoms with Gasteiger partial charge in [0.05, 0.1) is 5.69 Å². The first-order valence-electron chi connectivity index (χ1n) is 8.81. The van der Waals surface area contributed by atoms with Gasteiger partial charge in [0.2, 0.25) is 5.91 Å². The fourth-order valence-corrected chi connectivity index (χ4v) is 3.22. The maximum atomic E-state index is 12.0. The summed E-state index contributed by atoms with van der Waals surface area (Å²) in [6, 6.07) is 17.7. The van der Waals surface area contributed by atoms with E-state index in [2.05, 4.69) is 24.1 Å². The van der Waals surface area contributed by atoms with Crippen LogP contribution in [0.1, 0.15) is 36.6 Å². The lowest BCUT2D eigenvalue weighted by Gasteiger charge is -2.06. The number of thiazole rings is 1. The van der Waals surface area contributed by atoms with Crippen molar-refractivity contribution >= 4 is 28.5 Å². The molecule has 0 fully saturated rings. The van der Waals surface area contributed by atoms with E-state index < -0.39 is 0 Å². The molecule has 4 nitrogen and oxygen atoms in total. The first-order chi connectivity index (χ1) is 13.1. The Morgan fingerprint density at radius 3 is 2.56 bits per heavy atom. The minimum atomic E-state index is -0.191. The van der Waals surface area contributed by atoms with Gasteiger partial charge in [0.1, 0.15) is 12.4 Å². The molecule has 0 saturated carbocycles. The number of carbonyl (C=O) groups is 1. The lowest BCUT2D eigenvalue weighted by atomic mass is 10.2. The number of ether oxygens (including phenoxy) is 1. The molecule has 0 aliphatic carbocycles. The summed E-state index contributed by atoms with van der Waals surface area (Å²) in [6.45, 7) is 4.69. The summed E-state index contributed by atoms with van der Waals surface area (Å²) in [5.74, 6) is 0.957. The number of rotatable bonds is 7. The van der Waals surface area contributed by atoms with Gasteiger partial charge in [-0.15, -0.1) is 11.3 Å². The second-order valence-electron chi connectivity index (χ2n) is 6.40. The molecule has 5 heteroatoms. The second kappa shape index (κ2) is 9.14. The molecule has 138 valence electrons. The number of hydrogen-bond donors (Lipinski definition) is 1. The normalized spacial score (nSPS) is 11.1. The molecule has 3 aromatic rings. The molecule has 0 unspecified atom stereocenters. The number of nitrogens with zero attached hydrogens (tertiary/aromatic N) is 1. The third-order valence-electron chi connectivity index (χ3n) is 3.90. The van der Waals surface area contributed by atoms with Gasteiger partial charge in [-0.2, -0.15) is 0 Å². The summed E-state index contributed by atoms with van der Waals surface area (Å²) in [4.78, 5) is 16.4. The van der Waals surface area contributed by atoms with Crippen LogP contribution in [0.25, 0.3) is 6.08 Å². The lowest BCUT2D eigenvalue weighted by Crippen LogP contribution is -2.07. The zero-order valence-electron chi connectivity index (χ0n) is 15.4.